The Morgan fingerprint density at radius 1 is 1.05 bits per heavy atom. The first-order valence-corrected chi connectivity index (χ1v) is 7.30. The molecule has 0 N–H and O–H groups in total. The normalized spacial score (nSPS) is 11.5. The molecule has 4 heteroatoms. The Bertz CT molecular complexity index is 933. The van der Waals surface area contributed by atoms with Gasteiger partial charge in [0.15, 0.2) is 0 Å². The maximum atomic E-state index is 4.49. The lowest BCUT2D eigenvalue weighted by molar-refractivity contribution is 0.951. The van der Waals surface area contributed by atoms with E-state index >= 15 is 0 Å². The SMILES string of the molecule is Cc1ccc(-c2ccc3ncc4ncn(C)c4c3c2)s1. The molecule has 0 spiro atoms. The molecule has 0 aliphatic heterocycles. The molecule has 4 aromatic rings. The van der Waals surface area contributed by atoms with Gasteiger partial charge in [0.2, 0.25) is 0 Å². The van der Waals surface area contributed by atoms with Crippen LogP contribution in [0.25, 0.3) is 32.4 Å². The zero-order valence-electron chi connectivity index (χ0n) is 11.3. The van der Waals surface area contributed by atoms with E-state index in [0.29, 0.717) is 0 Å². The summed E-state index contributed by atoms with van der Waals surface area (Å²) in [5.41, 5.74) is 4.34. The minimum Gasteiger partial charge on any atom is -0.333 e. The average molecular weight is 279 g/mol. The number of fused-ring (bicyclic) bond motifs is 3. The summed E-state index contributed by atoms with van der Waals surface area (Å²) >= 11 is 1.82. The van der Waals surface area contributed by atoms with Gasteiger partial charge in [0.25, 0.3) is 0 Å². The smallest absolute Gasteiger partial charge is 0.107 e. The van der Waals surface area contributed by atoms with Gasteiger partial charge in [0.1, 0.15) is 5.52 Å². The quantitative estimate of drug-likeness (QED) is 0.524. The Balaban J connectivity index is 2.06. The van der Waals surface area contributed by atoms with Crippen LogP contribution in [0.4, 0.5) is 0 Å². The van der Waals surface area contributed by atoms with Crippen molar-refractivity contribution in [3.8, 4) is 10.4 Å². The van der Waals surface area contributed by atoms with Crippen molar-refractivity contribution in [2.75, 3.05) is 0 Å². The van der Waals surface area contributed by atoms with Crippen LogP contribution in [0, 0.1) is 6.92 Å². The molecule has 0 atom stereocenters. The van der Waals surface area contributed by atoms with E-state index in [0.717, 1.165) is 21.9 Å². The maximum absolute atomic E-state index is 4.49. The minimum atomic E-state index is 0.944. The third-order valence-electron chi connectivity index (χ3n) is 3.57. The number of rotatable bonds is 1. The Hall–Kier alpha value is -2.20. The van der Waals surface area contributed by atoms with E-state index in [1.165, 1.54) is 15.3 Å². The number of nitrogens with zero attached hydrogens (tertiary/aromatic N) is 3. The van der Waals surface area contributed by atoms with Gasteiger partial charge in [-0.1, -0.05) is 6.07 Å². The number of thiophene rings is 1. The molecule has 3 nitrogen and oxygen atoms in total. The molecular formula is C16H13N3S. The van der Waals surface area contributed by atoms with Gasteiger partial charge in [-0.05, 0) is 36.8 Å². The summed E-state index contributed by atoms with van der Waals surface area (Å²) in [5.74, 6) is 0. The van der Waals surface area contributed by atoms with Crippen molar-refractivity contribution in [1.82, 2.24) is 14.5 Å². The largest absolute Gasteiger partial charge is 0.333 e. The van der Waals surface area contributed by atoms with Crippen molar-refractivity contribution in [3.05, 3.63) is 47.7 Å². The van der Waals surface area contributed by atoms with Crippen LogP contribution in [0.1, 0.15) is 4.88 Å². The molecule has 4 rings (SSSR count). The van der Waals surface area contributed by atoms with Crippen LogP contribution in [0.3, 0.4) is 0 Å². The molecule has 3 heterocycles. The van der Waals surface area contributed by atoms with E-state index in [1.54, 1.807) is 0 Å². The van der Waals surface area contributed by atoms with Crippen molar-refractivity contribution in [2.45, 2.75) is 6.92 Å². The van der Waals surface area contributed by atoms with E-state index in [9.17, 15) is 0 Å². The average Bonchev–Trinajstić information content (AvgIpc) is 3.05. The van der Waals surface area contributed by atoms with E-state index in [-0.39, 0.29) is 0 Å². The lowest BCUT2D eigenvalue weighted by Gasteiger charge is -2.04. The van der Waals surface area contributed by atoms with Crippen LogP contribution in [0.2, 0.25) is 0 Å². The summed E-state index contributed by atoms with van der Waals surface area (Å²) < 4.78 is 2.06. The first-order chi connectivity index (χ1) is 9.72. The number of hydrogen-bond acceptors (Lipinski definition) is 3. The van der Waals surface area contributed by atoms with Crippen LogP contribution >= 0.6 is 11.3 Å². The van der Waals surface area contributed by atoms with Gasteiger partial charge in [-0.25, -0.2) is 4.98 Å². The summed E-state index contributed by atoms with van der Waals surface area (Å²) in [5, 5.41) is 1.16. The molecule has 0 fully saturated rings. The second kappa shape index (κ2) is 4.15. The highest BCUT2D eigenvalue weighted by Gasteiger charge is 2.08. The number of hydrogen-bond donors (Lipinski definition) is 0. The maximum Gasteiger partial charge on any atom is 0.107 e. The molecule has 0 amide bonds. The van der Waals surface area contributed by atoms with Crippen LogP contribution in [0.5, 0.6) is 0 Å². The molecule has 0 unspecified atom stereocenters. The molecule has 0 radical (unpaired) electrons. The van der Waals surface area contributed by atoms with Crippen molar-refractivity contribution >= 4 is 33.3 Å². The Morgan fingerprint density at radius 2 is 1.95 bits per heavy atom. The summed E-state index contributed by atoms with van der Waals surface area (Å²) in [6.45, 7) is 2.14. The molecule has 1 aromatic carbocycles. The molecule has 3 aromatic heterocycles. The van der Waals surface area contributed by atoms with Crippen LogP contribution < -0.4 is 0 Å². The Labute approximate surface area is 120 Å². The topological polar surface area (TPSA) is 30.7 Å². The zero-order chi connectivity index (χ0) is 13.7. The standard InChI is InChI=1S/C16H13N3S/c1-10-3-6-15(20-10)11-4-5-13-12(7-11)16-14(8-17-13)18-9-19(16)2/h3-9H,1-2H3. The number of aromatic nitrogens is 3. The molecule has 0 saturated carbocycles. The molecule has 0 saturated heterocycles. The second-order valence-corrected chi connectivity index (χ2v) is 6.28. The van der Waals surface area contributed by atoms with Crippen LogP contribution in [0.15, 0.2) is 42.9 Å². The first-order valence-electron chi connectivity index (χ1n) is 6.49. The highest BCUT2D eigenvalue weighted by atomic mass is 32.1. The fourth-order valence-electron chi connectivity index (χ4n) is 2.58. The van der Waals surface area contributed by atoms with E-state index in [1.807, 2.05) is 30.9 Å². The van der Waals surface area contributed by atoms with Gasteiger partial charge in [0.05, 0.1) is 23.6 Å². The molecule has 0 bridgehead atoms. The molecule has 0 aliphatic rings. The lowest BCUT2D eigenvalue weighted by atomic mass is 10.1. The number of pyridine rings is 1. The van der Waals surface area contributed by atoms with Gasteiger partial charge in [-0.3, -0.25) is 4.98 Å². The fraction of sp³-hybridized carbons (Fsp3) is 0.125. The predicted molar refractivity (Wildman–Crippen MR) is 84.1 cm³/mol. The van der Waals surface area contributed by atoms with Gasteiger partial charge in [-0.2, -0.15) is 0 Å². The minimum absolute atomic E-state index is 0.944. The third-order valence-corrected chi connectivity index (χ3v) is 4.62. The molecule has 0 aliphatic carbocycles. The Morgan fingerprint density at radius 3 is 2.75 bits per heavy atom. The van der Waals surface area contributed by atoms with Crippen LogP contribution in [-0.4, -0.2) is 14.5 Å². The van der Waals surface area contributed by atoms with Crippen molar-refractivity contribution in [3.63, 3.8) is 0 Å². The van der Waals surface area contributed by atoms with Gasteiger partial charge < -0.3 is 4.57 Å². The highest BCUT2D eigenvalue weighted by Crippen LogP contribution is 2.31. The summed E-state index contributed by atoms with van der Waals surface area (Å²) in [4.78, 5) is 11.5. The van der Waals surface area contributed by atoms with Gasteiger partial charge in [0, 0.05) is 22.2 Å². The predicted octanol–water partition coefficient (Wildman–Crippen LogP) is 4.16. The first kappa shape index (κ1) is 11.6. The summed E-state index contributed by atoms with van der Waals surface area (Å²) in [6.07, 6.45) is 3.68. The van der Waals surface area contributed by atoms with Crippen molar-refractivity contribution in [1.29, 1.82) is 0 Å². The van der Waals surface area contributed by atoms with Crippen molar-refractivity contribution in [2.24, 2.45) is 7.05 Å². The van der Waals surface area contributed by atoms with E-state index in [4.69, 9.17) is 0 Å². The number of imidazole rings is 1. The Kier molecular flexibility index (Phi) is 2.41. The fourth-order valence-corrected chi connectivity index (χ4v) is 3.45. The van der Waals surface area contributed by atoms with Crippen molar-refractivity contribution < 1.29 is 0 Å². The van der Waals surface area contributed by atoms with Gasteiger partial charge in [-0.15, -0.1) is 11.3 Å². The van der Waals surface area contributed by atoms with E-state index in [2.05, 4.69) is 51.8 Å². The lowest BCUT2D eigenvalue weighted by Crippen LogP contribution is -1.88. The number of aryl methyl sites for hydroxylation is 2. The van der Waals surface area contributed by atoms with Gasteiger partial charge >= 0.3 is 0 Å². The molecule has 20 heavy (non-hydrogen) atoms. The summed E-state index contributed by atoms with van der Waals surface area (Å²) in [6, 6.07) is 10.8. The summed E-state index contributed by atoms with van der Waals surface area (Å²) in [7, 11) is 2.02. The second-order valence-electron chi connectivity index (χ2n) is 4.99. The van der Waals surface area contributed by atoms with Crippen LogP contribution in [-0.2, 0) is 7.05 Å². The molecule has 98 valence electrons. The number of benzene rings is 1. The third kappa shape index (κ3) is 1.65. The molecular weight excluding hydrogens is 266 g/mol. The van der Waals surface area contributed by atoms with E-state index < -0.39 is 0 Å². The zero-order valence-corrected chi connectivity index (χ0v) is 12.1. The monoisotopic (exact) mass is 279 g/mol. The highest BCUT2D eigenvalue weighted by molar-refractivity contribution is 7.15.